The van der Waals surface area contributed by atoms with Crippen LogP contribution in [-0.4, -0.2) is 38.0 Å². The summed E-state index contributed by atoms with van der Waals surface area (Å²) in [4.78, 5) is 16.6. The number of hydrogen-bond donors (Lipinski definition) is 1. The van der Waals surface area contributed by atoms with Gasteiger partial charge in [-0.2, -0.15) is 0 Å². The molecule has 2 aromatic carbocycles. The molecule has 0 saturated heterocycles. The number of carbonyl (C=O) groups excluding carboxylic acids is 1. The highest BCUT2D eigenvalue weighted by atomic mass is 32.2. The largest absolute Gasteiger partial charge is 0.355 e. The minimum absolute atomic E-state index is 0.0254. The maximum Gasteiger partial charge on any atom is 0.230 e. The molecule has 0 aliphatic carbocycles. The quantitative estimate of drug-likeness (QED) is 0.401. The second-order valence-electron chi connectivity index (χ2n) is 7.57. The molecule has 6 nitrogen and oxygen atoms in total. The molecule has 1 atom stereocenters. The average Bonchev–Trinajstić information content (AvgIpc) is 3.26. The molecular weight excluding hydrogens is 418 g/mol. The standard InChI is InChI=1S/C25H25N5OS/c1-18-8-6-7-11-22(18)30-24(21-12-14-26-15-13-21)28-29-25(30)32-17-23(31)27-16-19(2)20-9-4-3-5-10-20/h3-15,19H,16-17H2,1-2H3,(H,27,31). The number of thioether (sulfide) groups is 1. The zero-order valence-electron chi connectivity index (χ0n) is 18.1. The lowest BCUT2D eigenvalue weighted by molar-refractivity contribution is -0.118. The average molecular weight is 444 g/mol. The van der Waals surface area contributed by atoms with Gasteiger partial charge in [-0.15, -0.1) is 10.2 Å². The molecule has 162 valence electrons. The fourth-order valence-corrected chi connectivity index (χ4v) is 4.21. The van der Waals surface area contributed by atoms with Crippen LogP contribution in [0.5, 0.6) is 0 Å². The Morgan fingerprint density at radius 1 is 1.00 bits per heavy atom. The summed E-state index contributed by atoms with van der Waals surface area (Å²) in [6.45, 7) is 4.76. The molecule has 2 heterocycles. The third kappa shape index (κ3) is 5.06. The van der Waals surface area contributed by atoms with Gasteiger partial charge in [0.05, 0.1) is 11.4 Å². The first-order valence-electron chi connectivity index (χ1n) is 10.5. The molecule has 0 radical (unpaired) electrons. The van der Waals surface area contributed by atoms with E-state index in [0.717, 1.165) is 22.6 Å². The Morgan fingerprint density at radius 2 is 1.72 bits per heavy atom. The summed E-state index contributed by atoms with van der Waals surface area (Å²) in [5.74, 6) is 1.21. The highest BCUT2D eigenvalue weighted by molar-refractivity contribution is 7.99. The molecule has 1 N–H and O–H groups in total. The van der Waals surface area contributed by atoms with Crippen molar-refractivity contribution in [2.45, 2.75) is 24.9 Å². The molecule has 0 fully saturated rings. The molecule has 1 unspecified atom stereocenters. The number of nitrogens with one attached hydrogen (secondary N) is 1. The van der Waals surface area contributed by atoms with E-state index in [1.54, 1.807) is 12.4 Å². The lowest BCUT2D eigenvalue weighted by atomic mass is 10.0. The number of hydrogen-bond acceptors (Lipinski definition) is 5. The van der Waals surface area contributed by atoms with Crippen LogP contribution in [-0.2, 0) is 4.79 Å². The maximum absolute atomic E-state index is 12.5. The predicted molar refractivity (Wildman–Crippen MR) is 128 cm³/mol. The van der Waals surface area contributed by atoms with Crippen molar-refractivity contribution in [2.75, 3.05) is 12.3 Å². The third-order valence-corrected chi connectivity index (χ3v) is 6.16. The van der Waals surface area contributed by atoms with Crippen molar-refractivity contribution < 1.29 is 4.79 Å². The normalized spacial score (nSPS) is 11.8. The van der Waals surface area contributed by atoms with Gasteiger partial charge in [0.2, 0.25) is 5.91 Å². The third-order valence-electron chi connectivity index (χ3n) is 5.23. The molecule has 4 aromatic rings. The van der Waals surface area contributed by atoms with Gasteiger partial charge in [0, 0.05) is 24.5 Å². The Kier molecular flexibility index (Phi) is 6.97. The van der Waals surface area contributed by atoms with E-state index in [4.69, 9.17) is 0 Å². The maximum atomic E-state index is 12.5. The Labute approximate surface area is 192 Å². The number of rotatable bonds is 8. The van der Waals surface area contributed by atoms with Crippen LogP contribution < -0.4 is 5.32 Å². The van der Waals surface area contributed by atoms with Crippen LogP contribution >= 0.6 is 11.8 Å². The lowest BCUT2D eigenvalue weighted by Crippen LogP contribution is -2.29. The first-order valence-corrected chi connectivity index (χ1v) is 11.5. The van der Waals surface area contributed by atoms with Crippen molar-refractivity contribution in [1.29, 1.82) is 0 Å². The molecule has 0 aliphatic heterocycles. The number of aryl methyl sites for hydroxylation is 1. The van der Waals surface area contributed by atoms with E-state index in [1.807, 2.05) is 53.1 Å². The van der Waals surface area contributed by atoms with Gasteiger partial charge in [-0.1, -0.05) is 67.2 Å². The SMILES string of the molecule is Cc1ccccc1-n1c(SCC(=O)NCC(C)c2ccccc2)nnc1-c1ccncc1. The van der Waals surface area contributed by atoms with Gasteiger partial charge in [-0.05, 0) is 42.2 Å². The van der Waals surface area contributed by atoms with E-state index in [-0.39, 0.29) is 17.6 Å². The summed E-state index contributed by atoms with van der Waals surface area (Å²) >= 11 is 1.38. The number of benzene rings is 2. The van der Waals surface area contributed by atoms with Crippen LogP contribution in [0.2, 0.25) is 0 Å². The van der Waals surface area contributed by atoms with Crippen molar-refractivity contribution in [1.82, 2.24) is 25.1 Å². The Balaban J connectivity index is 1.49. The zero-order chi connectivity index (χ0) is 22.3. The minimum Gasteiger partial charge on any atom is -0.355 e. The summed E-state index contributed by atoms with van der Waals surface area (Å²) in [5.41, 5.74) is 4.22. The second-order valence-corrected chi connectivity index (χ2v) is 8.51. The van der Waals surface area contributed by atoms with Gasteiger partial charge >= 0.3 is 0 Å². The molecule has 0 spiro atoms. The smallest absolute Gasteiger partial charge is 0.230 e. The number of para-hydroxylation sites is 1. The number of amides is 1. The molecule has 2 aromatic heterocycles. The second kappa shape index (κ2) is 10.2. The van der Waals surface area contributed by atoms with Gasteiger partial charge < -0.3 is 5.32 Å². The Bertz CT molecular complexity index is 1180. The molecule has 32 heavy (non-hydrogen) atoms. The van der Waals surface area contributed by atoms with E-state index >= 15 is 0 Å². The van der Waals surface area contributed by atoms with Crippen LogP contribution in [0.25, 0.3) is 17.1 Å². The first-order chi connectivity index (χ1) is 15.6. The molecular formula is C25H25N5OS. The van der Waals surface area contributed by atoms with Gasteiger partial charge in [0.25, 0.3) is 0 Å². The summed E-state index contributed by atoms with van der Waals surface area (Å²) in [7, 11) is 0. The molecule has 0 aliphatic rings. The van der Waals surface area contributed by atoms with Crippen LogP contribution in [0.3, 0.4) is 0 Å². The Morgan fingerprint density at radius 3 is 2.47 bits per heavy atom. The summed E-state index contributed by atoms with van der Waals surface area (Å²) in [6.07, 6.45) is 3.47. The fourth-order valence-electron chi connectivity index (χ4n) is 3.43. The lowest BCUT2D eigenvalue weighted by Gasteiger charge is -2.14. The number of aromatic nitrogens is 4. The number of carbonyl (C=O) groups is 1. The molecule has 0 saturated carbocycles. The van der Waals surface area contributed by atoms with E-state index in [9.17, 15) is 4.79 Å². The first kappa shape index (κ1) is 21.8. The van der Waals surface area contributed by atoms with E-state index in [1.165, 1.54) is 17.3 Å². The summed E-state index contributed by atoms with van der Waals surface area (Å²) in [5, 5.41) is 12.5. The van der Waals surface area contributed by atoms with Gasteiger partial charge in [0.15, 0.2) is 11.0 Å². The highest BCUT2D eigenvalue weighted by Gasteiger charge is 2.18. The van der Waals surface area contributed by atoms with Crippen LogP contribution in [0.15, 0.2) is 84.3 Å². The topological polar surface area (TPSA) is 72.7 Å². The van der Waals surface area contributed by atoms with E-state index in [2.05, 4.69) is 52.5 Å². The zero-order valence-corrected chi connectivity index (χ0v) is 18.9. The van der Waals surface area contributed by atoms with E-state index < -0.39 is 0 Å². The van der Waals surface area contributed by atoms with Crippen molar-refractivity contribution >= 4 is 17.7 Å². The van der Waals surface area contributed by atoms with Crippen LogP contribution in [0.4, 0.5) is 0 Å². The van der Waals surface area contributed by atoms with Gasteiger partial charge in [-0.25, -0.2) is 0 Å². The van der Waals surface area contributed by atoms with Crippen molar-refractivity contribution in [3.05, 3.63) is 90.3 Å². The molecule has 0 bridgehead atoms. The molecule has 1 amide bonds. The number of pyridine rings is 1. The van der Waals surface area contributed by atoms with Crippen molar-refractivity contribution in [3.63, 3.8) is 0 Å². The minimum atomic E-state index is -0.0254. The highest BCUT2D eigenvalue weighted by Crippen LogP contribution is 2.29. The van der Waals surface area contributed by atoms with Gasteiger partial charge in [-0.3, -0.25) is 14.3 Å². The molecule has 7 heteroatoms. The van der Waals surface area contributed by atoms with Crippen LogP contribution in [0, 0.1) is 6.92 Å². The number of nitrogens with zero attached hydrogens (tertiary/aromatic N) is 4. The fraction of sp³-hybridized carbons (Fsp3) is 0.200. The van der Waals surface area contributed by atoms with Crippen molar-refractivity contribution in [2.24, 2.45) is 0 Å². The van der Waals surface area contributed by atoms with E-state index in [0.29, 0.717) is 11.7 Å². The molecule has 4 rings (SSSR count). The Hall–Kier alpha value is -3.45. The van der Waals surface area contributed by atoms with Gasteiger partial charge in [0.1, 0.15) is 0 Å². The summed E-state index contributed by atoms with van der Waals surface area (Å²) in [6, 6.07) is 22.1. The monoisotopic (exact) mass is 443 g/mol. The van der Waals surface area contributed by atoms with Crippen molar-refractivity contribution in [3.8, 4) is 17.1 Å². The van der Waals surface area contributed by atoms with Crippen LogP contribution in [0.1, 0.15) is 24.0 Å². The predicted octanol–water partition coefficient (Wildman–Crippen LogP) is 4.65. The summed E-state index contributed by atoms with van der Waals surface area (Å²) < 4.78 is 2.01.